The quantitative estimate of drug-likeness (QED) is 0.0873. The Hall–Kier alpha value is -5.87. The molecule has 0 N–H and O–H groups in total. The predicted molar refractivity (Wildman–Crippen MR) is 215 cm³/mol. The first kappa shape index (κ1) is 37.7. The maximum Gasteiger partial charge on any atom is 0.200 e. The molecule has 6 aromatic carbocycles. The van der Waals surface area contributed by atoms with Crippen molar-refractivity contribution >= 4 is 22.5 Å². The molecule has 0 bridgehead atoms. The van der Waals surface area contributed by atoms with Crippen molar-refractivity contribution in [1.29, 1.82) is 0 Å². The second-order valence-electron chi connectivity index (χ2n) is 14.9. The van der Waals surface area contributed by atoms with Crippen molar-refractivity contribution in [3.05, 3.63) is 148 Å². The number of hydrogen-bond donors (Lipinski definition) is 0. The minimum atomic E-state index is -2.19. The van der Waals surface area contributed by atoms with Crippen LogP contribution in [0.2, 0.25) is 0 Å². The fraction of sp³-hybridized carbons (Fsp3) is 0.250. The molecule has 1 fully saturated rings. The van der Waals surface area contributed by atoms with Gasteiger partial charge in [-0.15, -0.1) is 0 Å². The summed E-state index contributed by atoms with van der Waals surface area (Å²) in [7, 11) is 3.23. The molecule has 1 aliphatic carbocycles. The summed E-state index contributed by atoms with van der Waals surface area (Å²) in [6.45, 7) is 7.02. The van der Waals surface area contributed by atoms with E-state index in [2.05, 4.69) is 41.3 Å². The molecule has 3 aliphatic rings. The molecule has 0 amide bonds. The van der Waals surface area contributed by atoms with Gasteiger partial charge in [-0.2, -0.15) is 0 Å². The molecule has 9 rings (SSSR count). The van der Waals surface area contributed by atoms with Crippen LogP contribution in [-0.2, 0) is 15.8 Å². The Morgan fingerprint density at radius 1 is 0.655 bits per heavy atom. The molecule has 5 nitrogen and oxygen atoms in total. The lowest BCUT2D eigenvalue weighted by atomic mass is 9.70. The molecular weight excluding hydrogens is 750 g/mol. The normalized spacial score (nSPS) is 17.8. The number of nitrogens with zero attached hydrogens (tertiary/aromatic N) is 1. The molecule has 1 unspecified atom stereocenters. The summed E-state index contributed by atoms with van der Waals surface area (Å²) in [4.78, 5) is 2.30. The molecule has 2 aliphatic heterocycles. The minimum absolute atomic E-state index is 0.101. The molecule has 6 aromatic rings. The molecule has 0 spiro atoms. The van der Waals surface area contributed by atoms with Gasteiger partial charge in [0.15, 0.2) is 28.9 Å². The highest BCUT2D eigenvalue weighted by molar-refractivity contribution is 6.09. The van der Waals surface area contributed by atoms with E-state index in [1.54, 1.807) is 26.4 Å². The highest BCUT2D eigenvalue weighted by atomic mass is 19.2. The molecule has 296 valence electrons. The average molecular weight is 790 g/mol. The van der Waals surface area contributed by atoms with Gasteiger partial charge in [-0.3, -0.25) is 0 Å². The maximum atomic E-state index is 15.3. The number of anilines is 1. The van der Waals surface area contributed by atoms with Crippen molar-refractivity contribution in [2.45, 2.75) is 37.7 Å². The Kier molecular flexibility index (Phi) is 9.23. The van der Waals surface area contributed by atoms with Crippen LogP contribution in [0, 0.1) is 29.1 Å². The first-order chi connectivity index (χ1) is 28.1. The highest BCUT2D eigenvalue weighted by Gasteiger charge is 2.47. The topological polar surface area (TPSA) is 40.2 Å². The first-order valence-corrected chi connectivity index (χ1v) is 19.4. The van der Waals surface area contributed by atoms with E-state index in [1.165, 1.54) is 6.07 Å². The van der Waals surface area contributed by atoms with Gasteiger partial charge in [0, 0.05) is 46.3 Å². The first-order valence-electron chi connectivity index (χ1n) is 19.4. The van der Waals surface area contributed by atoms with Gasteiger partial charge in [0.25, 0.3) is 0 Å². The van der Waals surface area contributed by atoms with Crippen LogP contribution in [0.1, 0.15) is 54.5 Å². The van der Waals surface area contributed by atoms with Crippen LogP contribution in [0.3, 0.4) is 0 Å². The summed E-state index contributed by atoms with van der Waals surface area (Å²) in [5, 5.41) is 1.66. The van der Waals surface area contributed by atoms with Gasteiger partial charge < -0.3 is 23.8 Å². The van der Waals surface area contributed by atoms with Crippen LogP contribution >= 0.6 is 0 Å². The maximum absolute atomic E-state index is 15.3. The van der Waals surface area contributed by atoms with Crippen LogP contribution in [0.5, 0.6) is 17.2 Å². The number of methoxy groups -OCH3 is 2. The largest absolute Gasteiger partial charge is 0.497 e. The number of fused-ring (bicyclic) bond motifs is 8. The van der Waals surface area contributed by atoms with Gasteiger partial charge in [0.05, 0.1) is 33.0 Å². The standard InChI is InChI=1S/C48H40F5NO4/c1-5-47(6-2)37-25-27(38-41(49)43(51)45(53)44(52)42(38)50)7-17-34(37)39-33-18-16-32(56-4)26-36(33)46-35(40(39)47)19-20-48(58-46,29-10-14-31(55-3)15-11-29)28-8-12-30(13-9-28)54-21-23-57-24-22-54/h7-20,25-26H,5-6,21-24H2,1-4H3. The SMILES string of the molecule is CCC1(CC)c2cc(-c3c(F)c(F)c(F)c(F)c3F)ccc2-c2c1c1c(c3cc(OC)ccc23)OC(c2ccc(OC)cc2)(c2ccc(N3CCOCC3)cc2)C=C1. The van der Waals surface area contributed by atoms with Crippen molar-refractivity contribution in [2.75, 3.05) is 45.4 Å². The van der Waals surface area contributed by atoms with Gasteiger partial charge in [-0.1, -0.05) is 56.3 Å². The fourth-order valence-electron chi connectivity index (χ4n) is 9.37. The molecule has 58 heavy (non-hydrogen) atoms. The molecular formula is C48H40F5NO4. The molecule has 2 heterocycles. The van der Waals surface area contributed by atoms with Gasteiger partial charge in [-0.25, -0.2) is 22.0 Å². The smallest absolute Gasteiger partial charge is 0.200 e. The average Bonchev–Trinajstić information content (AvgIpc) is 3.57. The summed E-state index contributed by atoms with van der Waals surface area (Å²) in [6, 6.07) is 26.8. The fourth-order valence-corrected chi connectivity index (χ4v) is 9.37. The van der Waals surface area contributed by atoms with Crippen LogP contribution in [-0.4, -0.2) is 40.5 Å². The van der Waals surface area contributed by atoms with Gasteiger partial charge in [0.2, 0.25) is 5.82 Å². The van der Waals surface area contributed by atoms with Gasteiger partial charge in [-0.05, 0) is 101 Å². The Labute approximate surface area is 333 Å². The molecule has 0 aromatic heterocycles. The third-order valence-corrected chi connectivity index (χ3v) is 12.4. The number of halogens is 5. The van der Waals surface area contributed by atoms with E-state index >= 15 is 8.78 Å². The molecule has 10 heteroatoms. The molecule has 1 saturated heterocycles. The minimum Gasteiger partial charge on any atom is -0.497 e. The lowest BCUT2D eigenvalue weighted by Gasteiger charge is -2.39. The summed E-state index contributed by atoms with van der Waals surface area (Å²) in [6.07, 6.45) is 5.32. The second-order valence-corrected chi connectivity index (χ2v) is 14.9. The molecule has 0 radical (unpaired) electrons. The lowest BCUT2D eigenvalue weighted by Crippen LogP contribution is -2.37. The Bertz CT molecular complexity index is 2600. The zero-order chi connectivity index (χ0) is 40.5. The number of morpholine rings is 1. The highest BCUT2D eigenvalue weighted by Crippen LogP contribution is 2.61. The van der Waals surface area contributed by atoms with Crippen LogP contribution in [0.15, 0.2) is 91.0 Å². The molecule has 0 saturated carbocycles. The van der Waals surface area contributed by atoms with Crippen LogP contribution < -0.4 is 19.1 Å². The molecule has 1 atom stereocenters. The van der Waals surface area contributed by atoms with Gasteiger partial charge >= 0.3 is 0 Å². The van der Waals surface area contributed by atoms with Crippen molar-refractivity contribution < 1.29 is 40.9 Å². The number of benzene rings is 6. The summed E-state index contributed by atoms with van der Waals surface area (Å²) >= 11 is 0. The Morgan fingerprint density at radius 3 is 1.88 bits per heavy atom. The van der Waals surface area contributed by atoms with E-state index < -0.39 is 45.7 Å². The zero-order valence-electron chi connectivity index (χ0n) is 32.5. The summed E-state index contributed by atoms with van der Waals surface area (Å²) in [5.74, 6) is -7.95. The van der Waals surface area contributed by atoms with Crippen LogP contribution in [0.25, 0.3) is 39.1 Å². The van der Waals surface area contributed by atoms with E-state index in [9.17, 15) is 13.2 Å². The van der Waals surface area contributed by atoms with Crippen molar-refractivity contribution in [1.82, 2.24) is 0 Å². The van der Waals surface area contributed by atoms with Crippen molar-refractivity contribution in [3.63, 3.8) is 0 Å². The number of rotatable bonds is 8. The monoisotopic (exact) mass is 789 g/mol. The zero-order valence-corrected chi connectivity index (χ0v) is 32.5. The van der Waals surface area contributed by atoms with Crippen molar-refractivity contribution in [3.8, 4) is 39.5 Å². The Balaban J connectivity index is 1.29. The summed E-state index contributed by atoms with van der Waals surface area (Å²) < 4.78 is 98.2. The van der Waals surface area contributed by atoms with Gasteiger partial charge in [0.1, 0.15) is 17.2 Å². The van der Waals surface area contributed by atoms with E-state index in [1.807, 2.05) is 56.3 Å². The van der Waals surface area contributed by atoms with Crippen molar-refractivity contribution in [2.24, 2.45) is 0 Å². The number of hydrogen-bond acceptors (Lipinski definition) is 5. The predicted octanol–water partition coefficient (Wildman–Crippen LogP) is 11.5. The van der Waals surface area contributed by atoms with E-state index in [4.69, 9.17) is 18.9 Å². The third kappa shape index (κ3) is 5.44. The third-order valence-electron chi connectivity index (χ3n) is 12.4. The van der Waals surface area contributed by atoms with E-state index in [-0.39, 0.29) is 5.56 Å². The lowest BCUT2D eigenvalue weighted by molar-refractivity contribution is 0.122. The van der Waals surface area contributed by atoms with Crippen LogP contribution in [0.4, 0.5) is 27.6 Å². The Morgan fingerprint density at radius 2 is 1.26 bits per heavy atom. The van der Waals surface area contributed by atoms with E-state index in [0.29, 0.717) is 43.3 Å². The second kappa shape index (κ2) is 14.2. The van der Waals surface area contributed by atoms with E-state index in [0.717, 1.165) is 68.5 Å². The number of ether oxygens (including phenoxy) is 4. The summed E-state index contributed by atoms with van der Waals surface area (Å²) in [5.41, 5.74) is 4.26.